The summed E-state index contributed by atoms with van der Waals surface area (Å²) in [7, 11) is 1.73. The molecule has 3 heteroatoms. The van der Waals surface area contributed by atoms with Crippen LogP contribution in [0.1, 0.15) is 38.5 Å². The van der Waals surface area contributed by atoms with Gasteiger partial charge in [0.15, 0.2) is 5.78 Å². The summed E-state index contributed by atoms with van der Waals surface area (Å²) in [5, 5.41) is 9.64. The second-order valence-electron chi connectivity index (χ2n) is 5.58. The molecule has 0 aromatic rings. The van der Waals surface area contributed by atoms with Gasteiger partial charge in [-0.05, 0) is 50.7 Å². The summed E-state index contributed by atoms with van der Waals surface area (Å²) in [6.45, 7) is 3.83. The molecular formula is C16H22O3. The van der Waals surface area contributed by atoms with E-state index in [1.807, 2.05) is 6.08 Å². The molecule has 0 atom stereocenters. The number of aliphatic hydroxyl groups excluding tert-OH is 1. The molecule has 0 heterocycles. The first-order chi connectivity index (χ1) is 9.07. The molecule has 19 heavy (non-hydrogen) atoms. The summed E-state index contributed by atoms with van der Waals surface area (Å²) >= 11 is 0. The monoisotopic (exact) mass is 262 g/mol. The quantitative estimate of drug-likeness (QED) is 0.736. The molecule has 0 aromatic heterocycles. The second-order valence-corrected chi connectivity index (χ2v) is 5.58. The standard InChI is InChI=1S/C16H22O3/c1-12-11-13(17)5-3-4-8-16(15(12)18)9-6-14(19-2)7-10-16/h3,5,11,14,17H,1,4,6-10H2,2H3/b5-3-,13-11+. The Balaban J connectivity index is 2.22. The first-order valence-electron chi connectivity index (χ1n) is 6.91. The van der Waals surface area contributed by atoms with Crippen LogP contribution in [0.15, 0.2) is 36.1 Å². The van der Waals surface area contributed by atoms with Crippen molar-refractivity contribution in [2.75, 3.05) is 7.11 Å². The van der Waals surface area contributed by atoms with Crippen molar-refractivity contribution in [2.24, 2.45) is 5.41 Å². The largest absolute Gasteiger partial charge is 0.508 e. The van der Waals surface area contributed by atoms with Gasteiger partial charge in [0.2, 0.25) is 0 Å². The third-order valence-electron chi connectivity index (χ3n) is 4.40. The van der Waals surface area contributed by atoms with Gasteiger partial charge in [0.05, 0.1) is 6.10 Å². The second kappa shape index (κ2) is 5.74. The van der Waals surface area contributed by atoms with E-state index < -0.39 is 0 Å². The van der Waals surface area contributed by atoms with E-state index in [1.54, 1.807) is 13.2 Å². The third-order valence-corrected chi connectivity index (χ3v) is 4.40. The van der Waals surface area contributed by atoms with Crippen molar-refractivity contribution in [2.45, 2.75) is 44.6 Å². The molecule has 1 fully saturated rings. The first kappa shape index (κ1) is 14.1. The number of hydrogen-bond donors (Lipinski definition) is 1. The lowest BCUT2D eigenvalue weighted by Gasteiger charge is -2.38. The van der Waals surface area contributed by atoms with Gasteiger partial charge in [-0.1, -0.05) is 12.7 Å². The lowest BCUT2D eigenvalue weighted by Crippen LogP contribution is -2.37. The number of Topliss-reactive ketones (excluding diaryl/α,β-unsaturated/α-hetero) is 1. The van der Waals surface area contributed by atoms with Crippen LogP contribution in [0, 0.1) is 5.41 Å². The molecule has 2 rings (SSSR count). The number of carbonyl (C=O) groups is 1. The van der Waals surface area contributed by atoms with Crippen LogP contribution < -0.4 is 0 Å². The number of carbonyl (C=O) groups excluding carboxylic acids is 1. The predicted octanol–water partition coefficient (Wildman–Crippen LogP) is 3.48. The lowest BCUT2D eigenvalue weighted by atomic mass is 9.66. The molecule has 1 spiro atoms. The summed E-state index contributed by atoms with van der Waals surface area (Å²) < 4.78 is 5.39. The number of allylic oxidation sites excluding steroid dienone is 4. The van der Waals surface area contributed by atoms with E-state index in [-0.39, 0.29) is 23.1 Å². The van der Waals surface area contributed by atoms with Crippen molar-refractivity contribution >= 4 is 5.78 Å². The molecule has 2 aliphatic rings. The van der Waals surface area contributed by atoms with Crippen LogP contribution in [0.4, 0.5) is 0 Å². The van der Waals surface area contributed by atoms with Gasteiger partial charge in [-0.15, -0.1) is 0 Å². The van der Waals surface area contributed by atoms with Crippen LogP contribution >= 0.6 is 0 Å². The van der Waals surface area contributed by atoms with Crippen LogP contribution in [0.3, 0.4) is 0 Å². The number of rotatable bonds is 1. The lowest BCUT2D eigenvalue weighted by molar-refractivity contribution is -0.128. The van der Waals surface area contributed by atoms with E-state index in [4.69, 9.17) is 4.74 Å². The average molecular weight is 262 g/mol. The number of hydrogen-bond acceptors (Lipinski definition) is 3. The van der Waals surface area contributed by atoms with Gasteiger partial charge in [0, 0.05) is 18.1 Å². The Kier molecular flexibility index (Phi) is 4.25. The zero-order valence-electron chi connectivity index (χ0n) is 11.5. The van der Waals surface area contributed by atoms with Crippen LogP contribution in [0.25, 0.3) is 0 Å². The predicted molar refractivity (Wildman–Crippen MR) is 74.9 cm³/mol. The molecule has 0 aromatic carbocycles. The van der Waals surface area contributed by atoms with E-state index in [0.29, 0.717) is 5.57 Å². The molecule has 0 amide bonds. The number of methoxy groups -OCH3 is 1. The maximum Gasteiger partial charge on any atom is 0.168 e. The van der Waals surface area contributed by atoms with E-state index in [1.165, 1.54) is 6.08 Å². The smallest absolute Gasteiger partial charge is 0.168 e. The summed E-state index contributed by atoms with van der Waals surface area (Å²) in [6.07, 6.45) is 10.5. The highest BCUT2D eigenvalue weighted by atomic mass is 16.5. The molecule has 1 saturated carbocycles. The zero-order chi connectivity index (χ0) is 13.9. The van der Waals surface area contributed by atoms with Crippen LogP contribution in [-0.4, -0.2) is 24.1 Å². The van der Waals surface area contributed by atoms with Gasteiger partial charge < -0.3 is 9.84 Å². The minimum Gasteiger partial charge on any atom is -0.508 e. The summed E-state index contributed by atoms with van der Waals surface area (Å²) in [5.41, 5.74) is 0.109. The molecule has 0 unspecified atom stereocenters. The number of ketones is 1. The topological polar surface area (TPSA) is 46.5 Å². The van der Waals surface area contributed by atoms with Crippen molar-refractivity contribution < 1.29 is 14.6 Å². The molecule has 1 N–H and O–H groups in total. The molecular weight excluding hydrogens is 240 g/mol. The van der Waals surface area contributed by atoms with Crippen molar-refractivity contribution in [3.05, 3.63) is 36.1 Å². The van der Waals surface area contributed by atoms with Gasteiger partial charge in [-0.3, -0.25) is 4.79 Å². The number of aliphatic hydroxyl groups is 1. The summed E-state index contributed by atoms with van der Waals surface area (Å²) in [5.74, 6) is 0.207. The fourth-order valence-corrected chi connectivity index (χ4v) is 3.17. The highest BCUT2D eigenvalue weighted by molar-refractivity contribution is 6.02. The zero-order valence-corrected chi connectivity index (χ0v) is 11.5. The molecule has 0 bridgehead atoms. The van der Waals surface area contributed by atoms with Crippen LogP contribution in [0.2, 0.25) is 0 Å². The maximum absolute atomic E-state index is 12.6. The highest BCUT2D eigenvalue weighted by Crippen LogP contribution is 2.44. The van der Waals surface area contributed by atoms with E-state index in [9.17, 15) is 9.90 Å². The van der Waals surface area contributed by atoms with Crippen molar-refractivity contribution in [1.82, 2.24) is 0 Å². The van der Waals surface area contributed by atoms with E-state index in [0.717, 1.165) is 38.5 Å². The Morgan fingerprint density at radius 3 is 2.68 bits per heavy atom. The van der Waals surface area contributed by atoms with Crippen molar-refractivity contribution in [1.29, 1.82) is 0 Å². The molecule has 2 aliphatic carbocycles. The van der Waals surface area contributed by atoms with Crippen LogP contribution in [0.5, 0.6) is 0 Å². The van der Waals surface area contributed by atoms with Crippen molar-refractivity contribution in [3.8, 4) is 0 Å². The molecule has 3 nitrogen and oxygen atoms in total. The van der Waals surface area contributed by atoms with E-state index in [2.05, 4.69) is 6.58 Å². The Labute approximate surface area is 114 Å². The maximum atomic E-state index is 12.6. The Hall–Kier alpha value is -1.35. The Morgan fingerprint density at radius 2 is 2.05 bits per heavy atom. The molecule has 0 aliphatic heterocycles. The summed E-state index contributed by atoms with van der Waals surface area (Å²) in [6, 6.07) is 0. The fraction of sp³-hybridized carbons (Fsp3) is 0.562. The Bertz CT molecular complexity index is 423. The highest BCUT2D eigenvalue weighted by Gasteiger charge is 2.41. The molecule has 104 valence electrons. The van der Waals surface area contributed by atoms with E-state index >= 15 is 0 Å². The van der Waals surface area contributed by atoms with Crippen molar-refractivity contribution in [3.63, 3.8) is 0 Å². The molecule has 0 saturated heterocycles. The minimum atomic E-state index is -0.308. The van der Waals surface area contributed by atoms with Crippen LogP contribution in [-0.2, 0) is 9.53 Å². The third kappa shape index (κ3) is 2.98. The van der Waals surface area contributed by atoms with Gasteiger partial charge in [0.1, 0.15) is 5.76 Å². The summed E-state index contributed by atoms with van der Waals surface area (Å²) in [4.78, 5) is 12.6. The minimum absolute atomic E-state index is 0.0947. The molecule has 0 radical (unpaired) electrons. The first-order valence-corrected chi connectivity index (χ1v) is 6.91. The number of ether oxygens (including phenoxy) is 1. The van der Waals surface area contributed by atoms with Gasteiger partial charge in [-0.2, -0.15) is 0 Å². The van der Waals surface area contributed by atoms with Gasteiger partial charge in [-0.25, -0.2) is 0 Å². The normalized spacial score (nSPS) is 37.1. The SMILES string of the molecule is C=C1/C=C(O)\C=C/CCC2(CCC(OC)CC2)C1=O. The van der Waals surface area contributed by atoms with Gasteiger partial charge in [0.25, 0.3) is 0 Å². The van der Waals surface area contributed by atoms with Gasteiger partial charge >= 0.3 is 0 Å². The average Bonchev–Trinajstić information content (AvgIpc) is 2.46. The Morgan fingerprint density at radius 1 is 1.37 bits per heavy atom. The fourth-order valence-electron chi connectivity index (χ4n) is 3.17.